The van der Waals surface area contributed by atoms with Gasteiger partial charge in [-0.1, -0.05) is 17.8 Å². The summed E-state index contributed by atoms with van der Waals surface area (Å²) in [4.78, 5) is 4.91. The van der Waals surface area contributed by atoms with E-state index in [0.29, 0.717) is 5.69 Å². The van der Waals surface area contributed by atoms with Crippen molar-refractivity contribution in [2.45, 2.75) is 9.10 Å². The fourth-order valence-corrected chi connectivity index (χ4v) is 2.77. The van der Waals surface area contributed by atoms with Crippen molar-refractivity contribution in [3.8, 4) is 6.07 Å². The van der Waals surface area contributed by atoms with Crippen molar-refractivity contribution in [1.29, 1.82) is 5.26 Å². The van der Waals surface area contributed by atoms with Gasteiger partial charge in [0.05, 0.1) is 4.21 Å². The SMILES string of the molecule is N#Cc1ncccc1Sc1cccs1. The summed E-state index contributed by atoms with van der Waals surface area (Å²) in [5.41, 5.74) is 0.492. The average molecular weight is 218 g/mol. The molecule has 0 bridgehead atoms. The zero-order valence-corrected chi connectivity index (χ0v) is 8.81. The molecule has 2 aromatic heterocycles. The quantitative estimate of drug-likeness (QED) is 0.776. The predicted molar refractivity (Wildman–Crippen MR) is 57.4 cm³/mol. The second-order valence-corrected chi connectivity index (χ2v) is 4.79. The Morgan fingerprint density at radius 1 is 1.36 bits per heavy atom. The second-order valence-electron chi connectivity index (χ2n) is 2.50. The van der Waals surface area contributed by atoms with Gasteiger partial charge in [-0.25, -0.2) is 4.98 Å². The smallest absolute Gasteiger partial charge is 0.154 e. The van der Waals surface area contributed by atoms with Crippen LogP contribution in [0, 0.1) is 11.3 Å². The van der Waals surface area contributed by atoms with E-state index in [-0.39, 0.29) is 0 Å². The summed E-state index contributed by atoms with van der Waals surface area (Å²) < 4.78 is 1.18. The van der Waals surface area contributed by atoms with Crippen LogP contribution >= 0.6 is 23.1 Å². The van der Waals surface area contributed by atoms with Crippen LogP contribution in [0.4, 0.5) is 0 Å². The molecule has 0 aliphatic heterocycles. The summed E-state index contributed by atoms with van der Waals surface area (Å²) in [6.07, 6.45) is 1.64. The maximum absolute atomic E-state index is 8.82. The fraction of sp³-hybridized carbons (Fsp3) is 0. The van der Waals surface area contributed by atoms with E-state index in [1.165, 1.54) is 4.21 Å². The summed E-state index contributed by atoms with van der Waals surface area (Å²) in [7, 11) is 0. The first kappa shape index (κ1) is 9.25. The van der Waals surface area contributed by atoms with Gasteiger partial charge < -0.3 is 0 Å². The number of nitrogens with zero attached hydrogens (tertiary/aromatic N) is 2. The van der Waals surface area contributed by atoms with E-state index in [1.54, 1.807) is 29.3 Å². The molecule has 2 aromatic rings. The van der Waals surface area contributed by atoms with Gasteiger partial charge in [-0.2, -0.15) is 5.26 Å². The monoisotopic (exact) mass is 218 g/mol. The maximum Gasteiger partial charge on any atom is 0.154 e. The summed E-state index contributed by atoms with van der Waals surface area (Å²) in [6, 6.07) is 9.86. The van der Waals surface area contributed by atoms with Crippen LogP contribution in [-0.4, -0.2) is 4.98 Å². The Labute approximate surface area is 90.2 Å². The molecule has 0 aliphatic carbocycles. The maximum atomic E-state index is 8.82. The molecule has 0 fully saturated rings. The minimum atomic E-state index is 0.492. The van der Waals surface area contributed by atoms with Crippen molar-refractivity contribution < 1.29 is 0 Å². The molecule has 2 rings (SSSR count). The van der Waals surface area contributed by atoms with E-state index in [2.05, 4.69) is 11.1 Å². The molecule has 0 amide bonds. The number of pyridine rings is 1. The van der Waals surface area contributed by atoms with Crippen molar-refractivity contribution in [3.05, 3.63) is 41.5 Å². The number of hydrogen-bond acceptors (Lipinski definition) is 4. The molecule has 4 heteroatoms. The highest BCUT2D eigenvalue weighted by Crippen LogP contribution is 2.32. The Balaban J connectivity index is 2.30. The predicted octanol–water partition coefficient (Wildman–Crippen LogP) is 3.17. The lowest BCUT2D eigenvalue weighted by Gasteiger charge is -1.98. The van der Waals surface area contributed by atoms with Gasteiger partial charge in [-0.15, -0.1) is 11.3 Å². The molecule has 2 heterocycles. The molecule has 0 saturated heterocycles. The van der Waals surface area contributed by atoms with Gasteiger partial charge >= 0.3 is 0 Å². The van der Waals surface area contributed by atoms with E-state index >= 15 is 0 Å². The lowest BCUT2D eigenvalue weighted by Crippen LogP contribution is -1.83. The third-order valence-electron chi connectivity index (χ3n) is 1.58. The molecule has 68 valence electrons. The number of aromatic nitrogens is 1. The summed E-state index contributed by atoms with van der Waals surface area (Å²) in [5, 5.41) is 10.8. The van der Waals surface area contributed by atoms with Crippen LogP contribution in [0.25, 0.3) is 0 Å². The van der Waals surface area contributed by atoms with Crippen molar-refractivity contribution in [1.82, 2.24) is 4.98 Å². The van der Waals surface area contributed by atoms with E-state index in [0.717, 1.165) is 4.90 Å². The first-order chi connectivity index (χ1) is 6.90. The summed E-state index contributed by atoms with van der Waals surface area (Å²) in [6.45, 7) is 0. The van der Waals surface area contributed by atoms with Gasteiger partial charge in [-0.3, -0.25) is 0 Å². The normalized spacial score (nSPS) is 9.64. The number of rotatable bonds is 2. The summed E-state index contributed by atoms with van der Waals surface area (Å²) >= 11 is 3.24. The summed E-state index contributed by atoms with van der Waals surface area (Å²) in [5.74, 6) is 0. The van der Waals surface area contributed by atoms with Gasteiger partial charge in [0.25, 0.3) is 0 Å². The fourth-order valence-electron chi connectivity index (χ4n) is 0.987. The van der Waals surface area contributed by atoms with E-state index in [4.69, 9.17) is 5.26 Å². The Kier molecular flexibility index (Phi) is 2.82. The van der Waals surface area contributed by atoms with Crippen molar-refractivity contribution in [3.63, 3.8) is 0 Å². The highest BCUT2D eigenvalue weighted by molar-refractivity contribution is 8.01. The van der Waals surface area contributed by atoms with Gasteiger partial charge in [0, 0.05) is 11.1 Å². The topological polar surface area (TPSA) is 36.7 Å². The van der Waals surface area contributed by atoms with Crippen LogP contribution in [0.2, 0.25) is 0 Å². The molecule has 0 aliphatic rings. The highest BCUT2D eigenvalue weighted by Gasteiger charge is 2.04. The minimum absolute atomic E-state index is 0.492. The molecular weight excluding hydrogens is 212 g/mol. The molecule has 0 saturated carbocycles. The molecule has 0 radical (unpaired) electrons. The number of hydrogen-bond donors (Lipinski definition) is 0. The van der Waals surface area contributed by atoms with Crippen LogP contribution in [-0.2, 0) is 0 Å². The van der Waals surface area contributed by atoms with Gasteiger partial charge in [0.2, 0.25) is 0 Å². The third-order valence-corrected chi connectivity index (χ3v) is 3.67. The zero-order valence-electron chi connectivity index (χ0n) is 7.18. The van der Waals surface area contributed by atoms with E-state index in [9.17, 15) is 0 Å². The third kappa shape index (κ3) is 1.95. The second kappa shape index (κ2) is 4.27. The Morgan fingerprint density at radius 3 is 3.00 bits per heavy atom. The Morgan fingerprint density at radius 2 is 2.29 bits per heavy atom. The van der Waals surface area contributed by atoms with Crippen molar-refractivity contribution >= 4 is 23.1 Å². The first-order valence-corrected chi connectivity index (χ1v) is 5.66. The van der Waals surface area contributed by atoms with Crippen LogP contribution < -0.4 is 0 Å². The minimum Gasteiger partial charge on any atom is -0.244 e. The average Bonchev–Trinajstić information content (AvgIpc) is 2.71. The van der Waals surface area contributed by atoms with Gasteiger partial charge in [0.15, 0.2) is 5.69 Å². The number of nitriles is 1. The molecule has 0 atom stereocenters. The number of thiophene rings is 1. The van der Waals surface area contributed by atoms with Crippen LogP contribution in [0.1, 0.15) is 5.69 Å². The van der Waals surface area contributed by atoms with Gasteiger partial charge in [-0.05, 0) is 23.6 Å². The van der Waals surface area contributed by atoms with E-state index in [1.807, 2.05) is 29.6 Å². The molecule has 2 nitrogen and oxygen atoms in total. The molecule has 0 N–H and O–H groups in total. The van der Waals surface area contributed by atoms with E-state index < -0.39 is 0 Å². The molecule has 14 heavy (non-hydrogen) atoms. The van der Waals surface area contributed by atoms with Crippen molar-refractivity contribution in [2.24, 2.45) is 0 Å². The first-order valence-electron chi connectivity index (χ1n) is 3.96. The van der Waals surface area contributed by atoms with Crippen LogP contribution in [0.5, 0.6) is 0 Å². The molecule has 0 aromatic carbocycles. The molecular formula is C10H6N2S2. The van der Waals surface area contributed by atoms with Crippen molar-refractivity contribution in [2.75, 3.05) is 0 Å². The van der Waals surface area contributed by atoms with Gasteiger partial charge in [0.1, 0.15) is 6.07 Å². The Bertz CT molecular complexity index is 457. The molecule has 0 unspecified atom stereocenters. The molecule has 0 spiro atoms. The van der Waals surface area contributed by atoms with Crippen LogP contribution in [0.15, 0.2) is 44.9 Å². The Hall–Kier alpha value is -1.31. The van der Waals surface area contributed by atoms with Crippen LogP contribution in [0.3, 0.4) is 0 Å². The highest BCUT2D eigenvalue weighted by atomic mass is 32.2. The zero-order chi connectivity index (χ0) is 9.80. The lowest BCUT2D eigenvalue weighted by atomic mass is 10.4. The standard InChI is InChI=1S/C10H6N2S2/c11-7-8-9(3-1-5-12-8)14-10-4-2-6-13-10/h1-6H. The largest absolute Gasteiger partial charge is 0.244 e. The lowest BCUT2D eigenvalue weighted by molar-refractivity contribution is 1.18.